The quantitative estimate of drug-likeness (QED) is 0.719. The van der Waals surface area contributed by atoms with E-state index >= 15 is 0 Å². The Bertz CT molecular complexity index is 335. The molecule has 0 saturated heterocycles. The second kappa shape index (κ2) is 3.33. The minimum atomic E-state index is -0.0811. The van der Waals surface area contributed by atoms with Crippen molar-refractivity contribution in [1.29, 1.82) is 0 Å². The third-order valence-corrected chi connectivity index (χ3v) is 2.51. The van der Waals surface area contributed by atoms with Gasteiger partial charge in [-0.25, -0.2) is 0 Å². The van der Waals surface area contributed by atoms with E-state index in [-0.39, 0.29) is 11.9 Å². The predicted octanol–water partition coefficient (Wildman–Crippen LogP) is 1.11. The molecule has 1 aliphatic rings. The summed E-state index contributed by atoms with van der Waals surface area (Å²) in [6.07, 6.45) is 0.799. The number of hydrogen-bond donors (Lipinski definition) is 1. The van der Waals surface area contributed by atoms with Gasteiger partial charge >= 0.3 is 0 Å². The molecule has 0 saturated carbocycles. The zero-order valence-electron chi connectivity index (χ0n) is 8.45. The third kappa shape index (κ3) is 1.45. The normalized spacial score (nSPS) is 18.6. The first-order chi connectivity index (χ1) is 6.68. The van der Waals surface area contributed by atoms with Crippen LogP contribution in [-0.2, 0) is 11.2 Å². The average Bonchev–Trinajstić information content (AvgIpc) is 2.59. The standard InChI is InChI=1S/C11H14N2O/c1-13(2)11(14)10-7-8-5-3-4-6-9(8)12-10/h3-6,10,12H,7H2,1-2H3/t10-/m0/s1. The Labute approximate surface area is 83.7 Å². The van der Waals surface area contributed by atoms with Gasteiger partial charge in [-0.3, -0.25) is 4.79 Å². The molecule has 1 aliphatic heterocycles. The minimum absolute atomic E-state index is 0.0811. The highest BCUT2D eigenvalue weighted by Crippen LogP contribution is 2.25. The monoisotopic (exact) mass is 190 g/mol. The van der Waals surface area contributed by atoms with Crippen LogP contribution in [0.25, 0.3) is 0 Å². The van der Waals surface area contributed by atoms with E-state index in [0.29, 0.717) is 0 Å². The number of likely N-dealkylation sites (N-methyl/N-ethyl adjacent to an activating group) is 1. The first-order valence-electron chi connectivity index (χ1n) is 4.74. The lowest BCUT2D eigenvalue weighted by Gasteiger charge is -2.16. The lowest BCUT2D eigenvalue weighted by Crippen LogP contribution is -2.37. The summed E-state index contributed by atoms with van der Waals surface area (Å²) in [4.78, 5) is 13.3. The fourth-order valence-electron chi connectivity index (χ4n) is 1.76. The van der Waals surface area contributed by atoms with Crippen molar-refractivity contribution in [2.45, 2.75) is 12.5 Å². The fourth-order valence-corrected chi connectivity index (χ4v) is 1.76. The van der Waals surface area contributed by atoms with Gasteiger partial charge in [-0.1, -0.05) is 18.2 Å². The number of hydrogen-bond acceptors (Lipinski definition) is 2. The molecule has 1 amide bonds. The number of amides is 1. The summed E-state index contributed by atoms with van der Waals surface area (Å²) in [5.41, 5.74) is 2.32. The molecule has 0 aliphatic carbocycles. The van der Waals surface area contributed by atoms with Crippen molar-refractivity contribution in [2.24, 2.45) is 0 Å². The molecule has 1 aromatic carbocycles. The topological polar surface area (TPSA) is 32.3 Å². The van der Waals surface area contributed by atoms with Gasteiger partial charge in [-0.15, -0.1) is 0 Å². The number of fused-ring (bicyclic) bond motifs is 1. The van der Waals surface area contributed by atoms with Gasteiger partial charge in [0.25, 0.3) is 0 Å². The van der Waals surface area contributed by atoms with Crippen LogP contribution in [0, 0.1) is 0 Å². The predicted molar refractivity (Wildman–Crippen MR) is 56.3 cm³/mol. The molecule has 2 rings (SSSR count). The summed E-state index contributed by atoms with van der Waals surface area (Å²) >= 11 is 0. The Balaban J connectivity index is 2.16. The van der Waals surface area contributed by atoms with E-state index in [1.54, 1.807) is 19.0 Å². The molecule has 0 fully saturated rings. The Morgan fingerprint density at radius 2 is 2.14 bits per heavy atom. The van der Waals surface area contributed by atoms with Crippen molar-refractivity contribution in [3.05, 3.63) is 29.8 Å². The van der Waals surface area contributed by atoms with Crippen LogP contribution in [0.5, 0.6) is 0 Å². The second-order valence-electron chi connectivity index (χ2n) is 3.79. The van der Waals surface area contributed by atoms with Crippen LogP contribution in [0.1, 0.15) is 5.56 Å². The van der Waals surface area contributed by atoms with Crippen molar-refractivity contribution < 1.29 is 4.79 Å². The van der Waals surface area contributed by atoms with E-state index in [1.165, 1.54) is 5.56 Å². The number of para-hydroxylation sites is 1. The van der Waals surface area contributed by atoms with E-state index in [2.05, 4.69) is 11.4 Å². The van der Waals surface area contributed by atoms with E-state index in [4.69, 9.17) is 0 Å². The number of carbonyl (C=O) groups is 1. The fraction of sp³-hybridized carbons (Fsp3) is 0.364. The maximum atomic E-state index is 11.7. The van der Waals surface area contributed by atoms with Crippen molar-refractivity contribution in [3.63, 3.8) is 0 Å². The molecular weight excluding hydrogens is 176 g/mol. The van der Waals surface area contributed by atoms with E-state index < -0.39 is 0 Å². The van der Waals surface area contributed by atoms with Crippen molar-refractivity contribution in [1.82, 2.24) is 4.90 Å². The molecule has 0 spiro atoms. The molecule has 1 aromatic rings. The highest BCUT2D eigenvalue weighted by molar-refractivity contribution is 5.87. The SMILES string of the molecule is CN(C)C(=O)[C@@H]1Cc2ccccc2N1. The maximum absolute atomic E-state index is 11.7. The van der Waals surface area contributed by atoms with Crippen LogP contribution in [0.2, 0.25) is 0 Å². The van der Waals surface area contributed by atoms with Crippen LogP contribution >= 0.6 is 0 Å². The van der Waals surface area contributed by atoms with Crippen LogP contribution < -0.4 is 5.32 Å². The van der Waals surface area contributed by atoms with Crippen molar-refractivity contribution >= 4 is 11.6 Å². The summed E-state index contributed by atoms with van der Waals surface area (Å²) in [6, 6.07) is 7.98. The minimum Gasteiger partial charge on any atom is -0.373 e. The number of nitrogens with one attached hydrogen (secondary N) is 1. The van der Waals surface area contributed by atoms with Crippen LogP contribution in [0.4, 0.5) is 5.69 Å². The van der Waals surface area contributed by atoms with E-state index in [0.717, 1.165) is 12.1 Å². The lowest BCUT2D eigenvalue weighted by atomic mass is 10.1. The third-order valence-electron chi connectivity index (χ3n) is 2.51. The zero-order chi connectivity index (χ0) is 10.1. The zero-order valence-corrected chi connectivity index (χ0v) is 8.45. The first kappa shape index (κ1) is 9.06. The van der Waals surface area contributed by atoms with Gasteiger partial charge in [-0.05, 0) is 11.6 Å². The molecule has 0 unspecified atom stereocenters. The molecule has 1 heterocycles. The number of carbonyl (C=O) groups excluding carboxylic acids is 1. The molecule has 0 radical (unpaired) electrons. The molecular formula is C11H14N2O. The summed E-state index contributed by atoms with van der Waals surface area (Å²) in [5.74, 6) is 0.140. The van der Waals surface area contributed by atoms with Crippen LogP contribution in [0.3, 0.4) is 0 Å². The highest BCUT2D eigenvalue weighted by atomic mass is 16.2. The number of anilines is 1. The largest absolute Gasteiger partial charge is 0.373 e. The smallest absolute Gasteiger partial charge is 0.244 e. The lowest BCUT2D eigenvalue weighted by molar-refractivity contribution is -0.129. The number of benzene rings is 1. The van der Waals surface area contributed by atoms with Gasteiger partial charge in [0, 0.05) is 26.2 Å². The average molecular weight is 190 g/mol. The molecule has 3 heteroatoms. The molecule has 0 aromatic heterocycles. The summed E-state index contributed by atoms with van der Waals surface area (Å²) in [5, 5.41) is 3.22. The van der Waals surface area contributed by atoms with Gasteiger partial charge in [0.2, 0.25) is 5.91 Å². The van der Waals surface area contributed by atoms with Crippen molar-refractivity contribution in [3.8, 4) is 0 Å². The van der Waals surface area contributed by atoms with Gasteiger partial charge in [0.15, 0.2) is 0 Å². The Morgan fingerprint density at radius 1 is 1.43 bits per heavy atom. The van der Waals surface area contributed by atoms with Gasteiger partial charge in [-0.2, -0.15) is 0 Å². The number of nitrogens with zero attached hydrogens (tertiary/aromatic N) is 1. The molecule has 1 N–H and O–H groups in total. The highest BCUT2D eigenvalue weighted by Gasteiger charge is 2.26. The van der Waals surface area contributed by atoms with Gasteiger partial charge < -0.3 is 10.2 Å². The maximum Gasteiger partial charge on any atom is 0.244 e. The van der Waals surface area contributed by atoms with E-state index in [1.807, 2.05) is 18.2 Å². The molecule has 1 atom stereocenters. The molecule has 3 nitrogen and oxygen atoms in total. The van der Waals surface area contributed by atoms with Crippen molar-refractivity contribution in [2.75, 3.05) is 19.4 Å². The summed E-state index contributed by atoms with van der Waals surface area (Å²) in [6.45, 7) is 0. The Kier molecular flexibility index (Phi) is 2.15. The molecule has 74 valence electrons. The Morgan fingerprint density at radius 3 is 2.79 bits per heavy atom. The molecule has 14 heavy (non-hydrogen) atoms. The summed E-state index contributed by atoms with van der Waals surface area (Å²) < 4.78 is 0. The van der Waals surface area contributed by atoms with Crippen LogP contribution in [0.15, 0.2) is 24.3 Å². The number of rotatable bonds is 1. The molecule has 0 bridgehead atoms. The van der Waals surface area contributed by atoms with E-state index in [9.17, 15) is 4.79 Å². The van der Waals surface area contributed by atoms with Gasteiger partial charge in [0.05, 0.1) is 0 Å². The first-order valence-corrected chi connectivity index (χ1v) is 4.74. The van der Waals surface area contributed by atoms with Gasteiger partial charge in [0.1, 0.15) is 6.04 Å². The second-order valence-corrected chi connectivity index (χ2v) is 3.79. The summed E-state index contributed by atoms with van der Waals surface area (Å²) in [7, 11) is 3.57. The Hall–Kier alpha value is -1.51. The van der Waals surface area contributed by atoms with Crippen LogP contribution in [-0.4, -0.2) is 30.9 Å².